The fraction of sp³-hybridized carbons (Fsp3) is 0.471. The highest BCUT2D eigenvalue weighted by Gasteiger charge is 2.43. The van der Waals surface area contributed by atoms with Crippen molar-refractivity contribution in [1.82, 2.24) is 9.80 Å². The van der Waals surface area contributed by atoms with E-state index in [1.165, 1.54) is 15.9 Å². The number of halogens is 1. The Balaban J connectivity index is 1.77. The second-order valence-corrected chi connectivity index (χ2v) is 6.27. The lowest BCUT2D eigenvalue weighted by Gasteiger charge is -2.40. The van der Waals surface area contributed by atoms with Gasteiger partial charge in [-0.15, -0.1) is 0 Å². The van der Waals surface area contributed by atoms with Crippen LogP contribution >= 0.6 is 0 Å². The smallest absolute Gasteiger partial charge is 0.305 e. The monoisotopic (exact) mass is 334 g/mol. The third-order valence-electron chi connectivity index (χ3n) is 4.48. The first-order valence-corrected chi connectivity index (χ1v) is 8.02. The molecular formula is C17H19FN2O4. The van der Waals surface area contributed by atoms with Gasteiger partial charge in [0.05, 0.1) is 6.42 Å². The molecule has 1 aromatic carbocycles. The van der Waals surface area contributed by atoms with Gasteiger partial charge >= 0.3 is 5.97 Å². The van der Waals surface area contributed by atoms with Gasteiger partial charge < -0.3 is 14.9 Å². The molecule has 24 heavy (non-hydrogen) atoms. The molecule has 1 saturated heterocycles. The van der Waals surface area contributed by atoms with E-state index in [4.69, 9.17) is 5.11 Å². The minimum atomic E-state index is -1.13. The van der Waals surface area contributed by atoms with Gasteiger partial charge in [0.15, 0.2) is 0 Å². The Kier molecular flexibility index (Phi) is 4.51. The van der Waals surface area contributed by atoms with E-state index < -0.39 is 30.2 Å². The fourth-order valence-electron chi connectivity index (χ4n) is 3.02. The van der Waals surface area contributed by atoms with Gasteiger partial charge in [-0.25, -0.2) is 4.39 Å². The predicted molar refractivity (Wildman–Crippen MR) is 82.3 cm³/mol. The maximum Gasteiger partial charge on any atom is 0.305 e. The summed E-state index contributed by atoms with van der Waals surface area (Å²) >= 11 is 0. The number of aliphatic carboxylic acids is 1. The first-order valence-electron chi connectivity index (χ1n) is 8.02. The van der Waals surface area contributed by atoms with Gasteiger partial charge in [0, 0.05) is 31.1 Å². The van der Waals surface area contributed by atoms with Gasteiger partial charge in [0.1, 0.15) is 11.9 Å². The number of rotatable bonds is 5. The molecule has 0 radical (unpaired) electrons. The molecule has 1 heterocycles. The van der Waals surface area contributed by atoms with E-state index in [1.807, 2.05) is 0 Å². The summed E-state index contributed by atoms with van der Waals surface area (Å²) in [7, 11) is 0. The Morgan fingerprint density at radius 1 is 1.21 bits per heavy atom. The second-order valence-electron chi connectivity index (χ2n) is 6.27. The maximum absolute atomic E-state index is 13.8. The number of piperazine rings is 1. The number of nitrogens with zero attached hydrogens (tertiary/aromatic N) is 2. The van der Waals surface area contributed by atoms with Crippen molar-refractivity contribution < 1.29 is 23.9 Å². The molecule has 2 amide bonds. The zero-order chi connectivity index (χ0) is 17.3. The highest BCUT2D eigenvalue weighted by Crippen LogP contribution is 2.33. The molecule has 1 aliphatic carbocycles. The predicted octanol–water partition coefficient (Wildman–Crippen LogP) is 1.25. The van der Waals surface area contributed by atoms with E-state index in [-0.39, 0.29) is 31.5 Å². The Morgan fingerprint density at radius 3 is 2.54 bits per heavy atom. The number of hydrogen-bond donors (Lipinski definition) is 1. The summed E-state index contributed by atoms with van der Waals surface area (Å²) in [5, 5.41) is 9.09. The first kappa shape index (κ1) is 16.4. The average Bonchev–Trinajstić information content (AvgIpc) is 3.37. The average molecular weight is 334 g/mol. The molecular weight excluding hydrogens is 315 g/mol. The van der Waals surface area contributed by atoms with Crippen LogP contribution in [0.3, 0.4) is 0 Å². The van der Waals surface area contributed by atoms with E-state index in [0.717, 1.165) is 12.8 Å². The molecule has 6 nitrogen and oxygen atoms in total. The number of amides is 2. The summed E-state index contributed by atoms with van der Waals surface area (Å²) in [6.07, 6.45) is 1.16. The normalized spacial score (nSPS) is 21.0. The molecule has 128 valence electrons. The molecule has 1 saturated carbocycles. The fourth-order valence-corrected chi connectivity index (χ4v) is 3.02. The van der Waals surface area contributed by atoms with Crippen molar-refractivity contribution in [3.8, 4) is 0 Å². The van der Waals surface area contributed by atoms with Crippen LogP contribution in [-0.2, 0) is 20.9 Å². The van der Waals surface area contributed by atoms with E-state index in [9.17, 15) is 18.8 Å². The highest BCUT2D eigenvalue weighted by molar-refractivity contribution is 5.93. The summed E-state index contributed by atoms with van der Waals surface area (Å²) < 4.78 is 13.8. The molecule has 3 rings (SSSR count). The van der Waals surface area contributed by atoms with Crippen LogP contribution in [0.25, 0.3) is 0 Å². The maximum atomic E-state index is 13.8. The number of hydrogen-bond acceptors (Lipinski definition) is 3. The van der Waals surface area contributed by atoms with Crippen LogP contribution in [0.1, 0.15) is 24.8 Å². The number of carboxylic acid groups (broad SMARTS) is 1. The summed E-state index contributed by atoms with van der Waals surface area (Å²) in [5.74, 6) is -2.18. The zero-order valence-corrected chi connectivity index (χ0v) is 13.2. The SMILES string of the molecule is O=C(O)CC1C(=O)N(Cc2ccccc2F)CCN1C(=O)C1CC1. The summed E-state index contributed by atoms with van der Waals surface area (Å²) in [6, 6.07) is 5.17. The molecule has 2 aliphatic rings. The summed E-state index contributed by atoms with van der Waals surface area (Å²) in [6.45, 7) is 0.641. The lowest BCUT2D eigenvalue weighted by Crippen LogP contribution is -2.59. The van der Waals surface area contributed by atoms with Gasteiger partial charge in [0.25, 0.3) is 0 Å². The summed E-state index contributed by atoms with van der Waals surface area (Å²) in [4.78, 5) is 38.9. The molecule has 0 aromatic heterocycles. The Bertz CT molecular complexity index is 674. The highest BCUT2D eigenvalue weighted by atomic mass is 19.1. The van der Waals surface area contributed by atoms with Gasteiger partial charge in [-0.05, 0) is 18.9 Å². The van der Waals surface area contributed by atoms with Crippen molar-refractivity contribution in [1.29, 1.82) is 0 Å². The number of carbonyl (C=O) groups excluding carboxylic acids is 2. The first-order chi connectivity index (χ1) is 11.5. The van der Waals surface area contributed by atoms with E-state index >= 15 is 0 Å². The van der Waals surface area contributed by atoms with Crippen LogP contribution in [0, 0.1) is 11.7 Å². The van der Waals surface area contributed by atoms with Crippen molar-refractivity contribution in [3.63, 3.8) is 0 Å². The van der Waals surface area contributed by atoms with Gasteiger partial charge in [-0.3, -0.25) is 14.4 Å². The van der Waals surface area contributed by atoms with Gasteiger partial charge in [-0.1, -0.05) is 18.2 Å². The molecule has 2 fully saturated rings. The lowest BCUT2D eigenvalue weighted by atomic mass is 10.0. The molecule has 1 atom stereocenters. The van der Waals surface area contributed by atoms with Crippen molar-refractivity contribution in [2.45, 2.75) is 31.8 Å². The van der Waals surface area contributed by atoms with Gasteiger partial charge in [0.2, 0.25) is 11.8 Å². The molecule has 7 heteroatoms. The van der Waals surface area contributed by atoms with E-state index in [1.54, 1.807) is 18.2 Å². The third kappa shape index (κ3) is 3.39. The summed E-state index contributed by atoms with van der Waals surface area (Å²) in [5.41, 5.74) is 0.377. The van der Waals surface area contributed by atoms with Gasteiger partial charge in [-0.2, -0.15) is 0 Å². The largest absolute Gasteiger partial charge is 0.481 e. The Labute approximate surface area is 138 Å². The van der Waals surface area contributed by atoms with Crippen LogP contribution in [-0.4, -0.2) is 51.8 Å². The molecule has 1 aromatic rings. The number of carboxylic acids is 1. The quantitative estimate of drug-likeness (QED) is 0.879. The number of benzene rings is 1. The Morgan fingerprint density at radius 2 is 1.92 bits per heavy atom. The van der Waals surface area contributed by atoms with Crippen LogP contribution in [0.15, 0.2) is 24.3 Å². The molecule has 1 N–H and O–H groups in total. The van der Waals surface area contributed by atoms with Crippen LogP contribution in [0.4, 0.5) is 4.39 Å². The van der Waals surface area contributed by atoms with Crippen molar-refractivity contribution in [3.05, 3.63) is 35.6 Å². The van der Waals surface area contributed by atoms with Crippen LogP contribution in [0.5, 0.6) is 0 Å². The van der Waals surface area contributed by atoms with Crippen LogP contribution in [0.2, 0.25) is 0 Å². The standard InChI is InChI=1S/C17H19FN2O4/c18-13-4-2-1-3-12(13)10-19-7-8-20(16(23)11-5-6-11)14(17(19)24)9-15(21)22/h1-4,11,14H,5-10H2,(H,21,22). The van der Waals surface area contributed by atoms with Crippen LogP contribution < -0.4 is 0 Å². The van der Waals surface area contributed by atoms with E-state index in [0.29, 0.717) is 5.56 Å². The zero-order valence-electron chi connectivity index (χ0n) is 13.2. The second kappa shape index (κ2) is 6.59. The molecule has 0 bridgehead atoms. The molecule has 1 aliphatic heterocycles. The minimum Gasteiger partial charge on any atom is -0.481 e. The van der Waals surface area contributed by atoms with Crippen molar-refractivity contribution in [2.24, 2.45) is 5.92 Å². The van der Waals surface area contributed by atoms with E-state index in [2.05, 4.69) is 0 Å². The van der Waals surface area contributed by atoms with Crippen molar-refractivity contribution in [2.75, 3.05) is 13.1 Å². The topological polar surface area (TPSA) is 77.9 Å². The third-order valence-corrected chi connectivity index (χ3v) is 4.48. The molecule has 0 spiro atoms. The Hall–Kier alpha value is -2.44. The molecule has 1 unspecified atom stereocenters. The van der Waals surface area contributed by atoms with Crippen molar-refractivity contribution >= 4 is 17.8 Å². The lowest BCUT2D eigenvalue weighted by molar-refractivity contribution is -0.156. The minimum absolute atomic E-state index is 0.0765. The number of carbonyl (C=O) groups is 3.